The largest absolute Gasteiger partial charge is 0.463 e. The van der Waals surface area contributed by atoms with Gasteiger partial charge in [0.25, 0.3) is 5.91 Å². The number of carbonyl (C=O) groups excluding carboxylic acids is 3. The summed E-state index contributed by atoms with van der Waals surface area (Å²) in [6, 6.07) is 17.6. The smallest absolute Gasteiger partial charge is 0.302 e. The van der Waals surface area contributed by atoms with Gasteiger partial charge in [-0.2, -0.15) is 0 Å². The lowest BCUT2D eigenvalue weighted by molar-refractivity contribution is -0.141. The summed E-state index contributed by atoms with van der Waals surface area (Å²) in [5.41, 5.74) is 6.57. The summed E-state index contributed by atoms with van der Waals surface area (Å²) in [6.07, 6.45) is 3.18. The number of imidazole rings is 1. The van der Waals surface area contributed by atoms with Gasteiger partial charge in [0.15, 0.2) is 5.82 Å². The third-order valence-electron chi connectivity index (χ3n) is 5.44. The Morgan fingerprint density at radius 1 is 1.03 bits per heavy atom. The number of nitrogens with one attached hydrogen (secondary N) is 2. The summed E-state index contributed by atoms with van der Waals surface area (Å²) in [5, 5.41) is 5.38. The van der Waals surface area contributed by atoms with E-state index in [1.165, 1.54) is 6.92 Å². The van der Waals surface area contributed by atoms with Crippen LogP contribution in [0.15, 0.2) is 73.2 Å². The lowest BCUT2D eigenvalue weighted by Gasteiger charge is -2.23. The first-order valence-corrected chi connectivity index (χ1v) is 11.9. The number of aromatic nitrogens is 2. The molecule has 0 aliphatic rings. The molecule has 1 aromatic heterocycles. The molecule has 2 unspecified atom stereocenters. The van der Waals surface area contributed by atoms with Crippen molar-refractivity contribution in [3.63, 3.8) is 0 Å². The van der Waals surface area contributed by atoms with Crippen molar-refractivity contribution in [2.45, 2.75) is 45.0 Å². The first kappa shape index (κ1) is 27.6. The van der Waals surface area contributed by atoms with Crippen LogP contribution in [0.3, 0.4) is 0 Å². The lowest BCUT2D eigenvalue weighted by Crippen LogP contribution is -2.56. The number of nitrogens with zero attached hydrogens (tertiary/aromatic N) is 2. The first-order valence-electron chi connectivity index (χ1n) is 11.9. The Morgan fingerprint density at radius 2 is 1.68 bits per heavy atom. The molecule has 2 aromatic carbocycles. The van der Waals surface area contributed by atoms with Gasteiger partial charge in [0.05, 0.1) is 31.1 Å². The van der Waals surface area contributed by atoms with Crippen molar-refractivity contribution in [3.8, 4) is 0 Å². The topological polar surface area (TPSA) is 138 Å². The number of amides is 2. The number of ether oxygens (including phenoxy) is 2. The van der Waals surface area contributed by atoms with Crippen LogP contribution in [0, 0.1) is 0 Å². The number of esters is 1. The molecule has 0 fully saturated rings. The summed E-state index contributed by atoms with van der Waals surface area (Å²) in [7, 11) is 0. The van der Waals surface area contributed by atoms with Crippen LogP contribution in [-0.4, -0.2) is 52.1 Å². The number of nitrogens with two attached hydrogens (primary N) is 1. The molecule has 0 spiro atoms. The molecule has 3 aromatic rings. The Hall–Kier alpha value is -4.02. The minimum absolute atomic E-state index is 0.0671. The van der Waals surface area contributed by atoms with Crippen molar-refractivity contribution in [2.75, 3.05) is 18.5 Å². The van der Waals surface area contributed by atoms with E-state index < -0.39 is 29.4 Å². The number of benzene rings is 2. The molecule has 2 atom stereocenters. The molecule has 2 amide bonds. The molecule has 0 aliphatic heterocycles. The fourth-order valence-corrected chi connectivity index (χ4v) is 3.41. The first-order chi connectivity index (χ1) is 17.6. The molecule has 1 heterocycles. The van der Waals surface area contributed by atoms with Crippen molar-refractivity contribution in [1.29, 1.82) is 0 Å². The molecule has 10 heteroatoms. The van der Waals surface area contributed by atoms with Gasteiger partial charge in [0.1, 0.15) is 12.6 Å². The van der Waals surface area contributed by atoms with E-state index in [0.29, 0.717) is 0 Å². The Balaban J connectivity index is 1.72. The molecule has 4 N–H and O–H groups in total. The third-order valence-corrected chi connectivity index (χ3v) is 5.44. The maximum absolute atomic E-state index is 13.1. The summed E-state index contributed by atoms with van der Waals surface area (Å²) < 4.78 is 12.7. The van der Waals surface area contributed by atoms with Crippen LogP contribution in [0.1, 0.15) is 37.9 Å². The average Bonchev–Trinajstić information content (AvgIpc) is 3.32. The van der Waals surface area contributed by atoms with Gasteiger partial charge in [-0.1, -0.05) is 60.7 Å². The minimum atomic E-state index is -1.18. The average molecular weight is 508 g/mol. The molecule has 0 bridgehead atoms. The SMILES string of the molecule is CC(=O)OCC(c1ccccc1)n1cnc(NC(=O)C(COCc2ccccc2)NC(=O)C(C)(C)N)c1. The van der Waals surface area contributed by atoms with E-state index in [0.717, 1.165) is 11.1 Å². The zero-order chi connectivity index (χ0) is 26.8. The fraction of sp³-hybridized carbons (Fsp3) is 0.333. The number of carbonyl (C=O) groups is 3. The van der Waals surface area contributed by atoms with E-state index in [-0.39, 0.29) is 31.7 Å². The van der Waals surface area contributed by atoms with Crippen LogP contribution >= 0.6 is 0 Å². The van der Waals surface area contributed by atoms with Crippen LogP contribution in [0.4, 0.5) is 5.82 Å². The molecule has 196 valence electrons. The molecule has 0 aliphatic carbocycles. The van der Waals surface area contributed by atoms with E-state index in [1.807, 2.05) is 60.7 Å². The van der Waals surface area contributed by atoms with Gasteiger partial charge < -0.3 is 30.4 Å². The number of rotatable bonds is 12. The molecule has 0 radical (unpaired) electrons. The van der Waals surface area contributed by atoms with Crippen LogP contribution in [0.5, 0.6) is 0 Å². The third kappa shape index (κ3) is 8.55. The van der Waals surface area contributed by atoms with Gasteiger partial charge in [-0.25, -0.2) is 4.98 Å². The van der Waals surface area contributed by atoms with Gasteiger partial charge in [0, 0.05) is 13.1 Å². The molecular formula is C27H33N5O5. The van der Waals surface area contributed by atoms with Gasteiger partial charge in [-0.15, -0.1) is 0 Å². The van der Waals surface area contributed by atoms with Crippen molar-refractivity contribution < 1.29 is 23.9 Å². The summed E-state index contributed by atoms with van der Waals surface area (Å²) in [4.78, 5) is 41.3. The molecule has 0 saturated carbocycles. The van der Waals surface area contributed by atoms with E-state index in [4.69, 9.17) is 15.2 Å². The highest BCUT2D eigenvalue weighted by atomic mass is 16.5. The van der Waals surface area contributed by atoms with E-state index in [2.05, 4.69) is 15.6 Å². The second-order valence-electron chi connectivity index (χ2n) is 9.17. The predicted molar refractivity (Wildman–Crippen MR) is 138 cm³/mol. The van der Waals surface area contributed by atoms with Crippen LogP contribution in [0.2, 0.25) is 0 Å². The maximum atomic E-state index is 13.1. The van der Waals surface area contributed by atoms with Gasteiger partial charge in [-0.05, 0) is 25.0 Å². The molecular weight excluding hydrogens is 474 g/mol. The maximum Gasteiger partial charge on any atom is 0.302 e. The fourth-order valence-electron chi connectivity index (χ4n) is 3.41. The number of hydrogen-bond acceptors (Lipinski definition) is 7. The quantitative estimate of drug-likeness (QED) is 0.320. The second kappa shape index (κ2) is 12.8. The van der Waals surface area contributed by atoms with Gasteiger partial charge in [-0.3, -0.25) is 14.4 Å². The highest BCUT2D eigenvalue weighted by molar-refractivity contribution is 5.98. The number of hydrogen-bond donors (Lipinski definition) is 3. The summed E-state index contributed by atoms with van der Waals surface area (Å²) in [5.74, 6) is -1.13. The van der Waals surface area contributed by atoms with Crippen LogP contribution in [0.25, 0.3) is 0 Å². The lowest BCUT2D eigenvalue weighted by atomic mass is 10.1. The van der Waals surface area contributed by atoms with Crippen molar-refractivity contribution >= 4 is 23.6 Å². The molecule has 37 heavy (non-hydrogen) atoms. The van der Waals surface area contributed by atoms with Crippen molar-refractivity contribution in [3.05, 3.63) is 84.3 Å². The molecule has 0 saturated heterocycles. The summed E-state index contributed by atoms with van der Waals surface area (Å²) in [6.45, 7) is 4.75. The molecule has 3 rings (SSSR count). The predicted octanol–water partition coefficient (Wildman–Crippen LogP) is 2.41. The van der Waals surface area contributed by atoms with Crippen molar-refractivity contribution in [1.82, 2.24) is 14.9 Å². The van der Waals surface area contributed by atoms with Crippen LogP contribution < -0.4 is 16.4 Å². The van der Waals surface area contributed by atoms with Crippen LogP contribution in [-0.2, 0) is 30.5 Å². The van der Waals surface area contributed by atoms with Gasteiger partial charge >= 0.3 is 5.97 Å². The zero-order valence-electron chi connectivity index (χ0n) is 21.2. The highest BCUT2D eigenvalue weighted by Crippen LogP contribution is 2.20. The Morgan fingerprint density at radius 3 is 2.30 bits per heavy atom. The highest BCUT2D eigenvalue weighted by Gasteiger charge is 2.29. The monoisotopic (exact) mass is 507 g/mol. The Kier molecular flexibility index (Phi) is 9.53. The van der Waals surface area contributed by atoms with E-state index in [9.17, 15) is 14.4 Å². The normalized spacial score (nSPS) is 12.9. The summed E-state index contributed by atoms with van der Waals surface area (Å²) >= 11 is 0. The van der Waals surface area contributed by atoms with E-state index in [1.54, 1.807) is 30.9 Å². The second-order valence-corrected chi connectivity index (χ2v) is 9.17. The minimum Gasteiger partial charge on any atom is -0.463 e. The zero-order valence-corrected chi connectivity index (χ0v) is 21.2. The molecule has 10 nitrogen and oxygen atoms in total. The Bertz CT molecular complexity index is 1170. The van der Waals surface area contributed by atoms with Gasteiger partial charge in [0.2, 0.25) is 5.91 Å². The number of anilines is 1. The van der Waals surface area contributed by atoms with Crippen molar-refractivity contribution in [2.24, 2.45) is 5.73 Å². The standard InChI is InChI=1S/C27H33N5O5/c1-19(33)37-17-23(21-12-8-5-9-13-21)32-14-24(29-18-32)31-25(34)22(30-26(35)27(2,3)28)16-36-15-20-10-6-4-7-11-20/h4-14,18,22-23H,15-17,28H2,1-3H3,(H,30,35)(H,31,34). The Labute approximate surface area is 216 Å². The van der Waals surface area contributed by atoms with E-state index >= 15 is 0 Å².